The summed E-state index contributed by atoms with van der Waals surface area (Å²) in [5.74, 6) is 0.0784. The third-order valence-corrected chi connectivity index (χ3v) is 5.71. The second-order valence-electron chi connectivity index (χ2n) is 7.54. The first-order valence-corrected chi connectivity index (χ1v) is 8.46. The van der Waals surface area contributed by atoms with E-state index < -0.39 is 6.10 Å². The molecule has 0 unspecified atom stereocenters. The summed E-state index contributed by atoms with van der Waals surface area (Å²) in [4.78, 5) is 21.2. The van der Waals surface area contributed by atoms with Crippen molar-refractivity contribution < 1.29 is 9.90 Å². The number of nitrogens with zero attached hydrogens (tertiary/aromatic N) is 1. The third kappa shape index (κ3) is 2.17. The number of aliphatic hydroxyl groups is 1. The molecule has 4 rings (SSSR count). The van der Waals surface area contributed by atoms with Gasteiger partial charge >= 0.3 is 0 Å². The molecule has 0 spiro atoms. The number of Topliss-reactive ketones (excluding diaryl/α,β-unsaturated/α-hetero) is 1. The van der Waals surface area contributed by atoms with E-state index in [0.717, 1.165) is 22.9 Å². The van der Waals surface area contributed by atoms with Crippen LogP contribution in [-0.4, -0.2) is 33.2 Å². The van der Waals surface area contributed by atoms with E-state index in [0.29, 0.717) is 17.7 Å². The van der Waals surface area contributed by atoms with Gasteiger partial charge < -0.3 is 10.1 Å². The molecule has 3 atom stereocenters. The summed E-state index contributed by atoms with van der Waals surface area (Å²) in [6.45, 7) is 8.15. The number of aliphatic hydroxyl groups excluding tert-OH is 1. The monoisotopic (exact) mass is 322 g/mol. The van der Waals surface area contributed by atoms with Crippen molar-refractivity contribution in [3.8, 4) is 0 Å². The summed E-state index contributed by atoms with van der Waals surface area (Å²) in [7, 11) is 0. The van der Waals surface area contributed by atoms with Crippen molar-refractivity contribution in [2.75, 3.05) is 0 Å². The quantitative estimate of drug-likeness (QED) is 0.656. The zero-order chi connectivity index (χ0) is 17.1. The Bertz CT molecular complexity index is 875. The highest BCUT2D eigenvalue weighted by molar-refractivity contribution is 6.49. The van der Waals surface area contributed by atoms with Crippen LogP contribution in [0, 0.1) is 11.8 Å². The summed E-state index contributed by atoms with van der Waals surface area (Å²) in [6, 6.07) is 7.77. The number of hydrogen-bond acceptors (Lipinski definition) is 3. The van der Waals surface area contributed by atoms with Crippen LogP contribution in [0.5, 0.6) is 0 Å². The van der Waals surface area contributed by atoms with Gasteiger partial charge in [0, 0.05) is 28.6 Å². The van der Waals surface area contributed by atoms with Gasteiger partial charge in [-0.1, -0.05) is 24.8 Å². The van der Waals surface area contributed by atoms with Crippen LogP contribution in [0.2, 0.25) is 0 Å². The maximum atomic E-state index is 13.2. The zero-order valence-corrected chi connectivity index (χ0v) is 14.0. The summed E-state index contributed by atoms with van der Waals surface area (Å²) in [5.41, 5.74) is 2.52. The van der Waals surface area contributed by atoms with Crippen molar-refractivity contribution in [2.45, 2.75) is 38.3 Å². The number of rotatable bonds is 2. The lowest BCUT2D eigenvalue weighted by atomic mass is 9.65. The molecule has 4 heteroatoms. The van der Waals surface area contributed by atoms with Crippen LogP contribution in [0.15, 0.2) is 47.6 Å². The van der Waals surface area contributed by atoms with E-state index in [4.69, 9.17) is 4.99 Å². The van der Waals surface area contributed by atoms with Crippen LogP contribution in [0.3, 0.4) is 0 Å². The standard InChI is InChI=1S/C20H22N2O2/c1-11-14-8-12(9-17(11)23)20(2,3)22-18(14)19(24)15-10-21-16-7-5-4-6-13(15)16/h4-7,10,12,14,17,21,23H,1,8-9H2,2-3H3/t12-,14+,17+/m1/s1. The molecule has 0 amide bonds. The predicted molar refractivity (Wildman–Crippen MR) is 95.5 cm³/mol. The molecule has 2 heterocycles. The highest BCUT2D eigenvalue weighted by Gasteiger charge is 2.46. The molecule has 2 bridgehead atoms. The van der Waals surface area contributed by atoms with Gasteiger partial charge in [-0.15, -0.1) is 0 Å². The molecular weight excluding hydrogens is 300 g/mol. The van der Waals surface area contributed by atoms with Gasteiger partial charge in [-0.25, -0.2) is 0 Å². The topological polar surface area (TPSA) is 65.5 Å². The number of H-pyrrole nitrogens is 1. The fourth-order valence-electron chi connectivity index (χ4n) is 4.14. The number of nitrogens with one attached hydrogen (secondary N) is 1. The first-order valence-electron chi connectivity index (χ1n) is 8.46. The van der Waals surface area contributed by atoms with Gasteiger partial charge in [-0.05, 0) is 44.2 Å². The fourth-order valence-corrected chi connectivity index (χ4v) is 4.14. The molecule has 0 radical (unpaired) electrons. The summed E-state index contributed by atoms with van der Waals surface area (Å²) in [6.07, 6.45) is 2.74. The molecule has 2 aromatic rings. The lowest BCUT2D eigenvalue weighted by Gasteiger charge is -2.45. The van der Waals surface area contributed by atoms with Gasteiger partial charge in [0.25, 0.3) is 0 Å². The number of ketones is 1. The second-order valence-corrected chi connectivity index (χ2v) is 7.54. The lowest BCUT2D eigenvalue weighted by Crippen LogP contribution is -2.48. The molecule has 4 nitrogen and oxygen atoms in total. The van der Waals surface area contributed by atoms with Crippen molar-refractivity contribution >= 4 is 22.4 Å². The van der Waals surface area contributed by atoms with Crippen LogP contribution in [0.1, 0.15) is 37.0 Å². The Morgan fingerprint density at radius 2 is 2.08 bits per heavy atom. The summed E-state index contributed by atoms with van der Waals surface area (Å²) in [5, 5.41) is 11.3. The van der Waals surface area contributed by atoms with Crippen LogP contribution in [-0.2, 0) is 0 Å². The number of aromatic nitrogens is 1. The first kappa shape index (κ1) is 15.3. The van der Waals surface area contributed by atoms with E-state index in [1.54, 1.807) is 6.20 Å². The molecule has 0 saturated heterocycles. The van der Waals surface area contributed by atoms with E-state index in [1.165, 1.54) is 0 Å². The number of hydrogen-bond donors (Lipinski definition) is 2. The molecule has 124 valence electrons. The van der Waals surface area contributed by atoms with Crippen molar-refractivity contribution in [1.82, 2.24) is 4.98 Å². The van der Waals surface area contributed by atoms with E-state index >= 15 is 0 Å². The van der Waals surface area contributed by atoms with E-state index in [-0.39, 0.29) is 23.2 Å². The number of aliphatic imine (C=N–C) groups is 1. The Kier molecular flexibility index (Phi) is 3.29. The summed E-state index contributed by atoms with van der Waals surface area (Å²) < 4.78 is 0. The Hall–Kier alpha value is -2.20. The third-order valence-electron chi connectivity index (χ3n) is 5.71. The molecule has 1 aliphatic heterocycles. The van der Waals surface area contributed by atoms with Gasteiger partial charge in [0.15, 0.2) is 0 Å². The maximum Gasteiger partial charge on any atom is 0.209 e. The number of benzene rings is 1. The number of para-hydroxylation sites is 1. The molecular formula is C20H22N2O2. The first-order chi connectivity index (χ1) is 11.4. The second kappa shape index (κ2) is 5.15. The average Bonchev–Trinajstić information content (AvgIpc) is 2.98. The van der Waals surface area contributed by atoms with Crippen molar-refractivity contribution in [2.24, 2.45) is 16.8 Å². The molecule has 2 aliphatic rings. The Morgan fingerprint density at radius 3 is 2.88 bits per heavy atom. The van der Waals surface area contributed by atoms with Crippen LogP contribution < -0.4 is 0 Å². The van der Waals surface area contributed by atoms with Gasteiger partial charge in [0.2, 0.25) is 5.78 Å². The molecule has 1 aromatic carbocycles. The maximum absolute atomic E-state index is 13.2. The van der Waals surface area contributed by atoms with E-state index in [9.17, 15) is 9.90 Å². The molecule has 1 aromatic heterocycles. The minimum absolute atomic E-state index is 0.0563. The van der Waals surface area contributed by atoms with Gasteiger partial charge in [-0.3, -0.25) is 9.79 Å². The van der Waals surface area contributed by atoms with Gasteiger partial charge in [0.05, 0.1) is 17.4 Å². The van der Waals surface area contributed by atoms with Crippen LogP contribution >= 0.6 is 0 Å². The van der Waals surface area contributed by atoms with Crippen molar-refractivity contribution in [1.29, 1.82) is 0 Å². The Morgan fingerprint density at radius 1 is 1.33 bits per heavy atom. The van der Waals surface area contributed by atoms with Crippen molar-refractivity contribution in [3.05, 3.63) is 48.2 Å². The lowest BCUT2D eigenvalue weighted by molar-refractivity contribution is 0.0945. The average molecular weight is 322 g/mol. The van der Waals surface area contributed by atoms with Crippen LogP contribution in [0.25, 0.3) is 10.9 Å². The van der Waals surface area contributed by atoms with Crippen LogP contribution in [0.4, 0.5) is 0 Å². The number of carbonyl (C=O) groups is 1. The van der Waals surface area contributed by atoms with Gasteiger partial charge in [-0.2, -0.15) is 0 Å². The fraction of sp³-hybridized carbons (Fsp3) is 0.400. The molecule has 24 heavy (non-hydrogen) atoms. The zero-order valence-electron chi connectivity index (χ0n) is 14.0. The number of fused-ring (bicyclic) bond motifs is 3. The molecule has 1 fully saturated rings. The molecule has 1 saturated carbocycles. The molecule has 2 N–H and O–H groups in total. The Balaban J connectivity index is 1.82. The van der Waals surface area contributed by atoms with Crippen molar-refractivity contribution in [3.63, 3.8) is 0 Å². The number of aromatic amines is 1. The SMILES string of the molecule is C=C1[C@@H]2C[C@H](C[C@@H]1O)C(C)(C)N=C2C(=O)c1c[nH]c2ccccc12. The normalized spacial score (nSPS) is 28.7. The minimum atomic E-state index is -0.547. The highest BCUT2D eigenvalue weighted by atomic mass is 16.3. The van der Waals surface area contributed by atoms with E-state index in [2.05, 4.69) is 25.4 Å². The molecule has 1 aliphatic carbocycles. The largest absolute Gasteiger partial charge is 0.389 e. The van der Waals surface area contributed by atoms with E-state index in [1.807, 2.05) is 24.3 Å². The smallest absolute Gasteiger partial charge is 0.209 e. The summed E-state index contributed by atoms with van der Waals surface area (Å²) >= 11 is 0. The number of carbonyl (C=O) groups excluding carboxylic acids is 1. The Labute approximate surface area is 141 Å². The predicted octanol–water partition coefficient (Wildman–Crippen LogP) is 3.53. The minimum Gasteiger partial charge on any atom is -0.389 e. The highest BCUT2D eigenvalue weighted by Crippen LogP contribution is 2.45. The van der Waals surface area contributed by atoms with Gasteiger partial charge in [0.1, 0.15) is 0 Å².